The van der Waals surface area contributed by atoms with Gasteiger partial charge in [-0.2, -0.15) is 0 Å². The molecule has 0 amide bonds. The monoisotopic (exact) mass is 208 g/mol. The highest BCUT2D eigenvalue weighted by molar-refractivity contribution is 5.41. The van der Waals surface area contributed by atoms with E-state index >= 15 is 0 Å². The normalized spacial score (nSPS) is 21.7. The molecule has 1 aliphatic heterocycles. The van der Waals surface area contributed by atoms with Gasteiger partial charge in [-0.15, -0.1) is 0 Å². The number of anilines is 1. The van der Waals surface area contributed by atoms with Gasteiger partial charge in [0.1, 0.15) is 5.82 Å². The molecule has 1 aromatic rings. The minimum atomic E-state index is -0.0823. The van der Waals surface area contributed by atoms with Crippen molar-refractivity contribution in [2.75, 3.05) is 31.2 Å². The summed E-state index contributed by atoms with van der Waals surface area (Å²) < 4.78 is 5.39. The number of aryl methyl sites for hydroxylation is 1. The van der Waals surface area contributed by atoms with E-state index in [0.29, 0.717) is 13.2 Å². The fraction of sp³-hybridized carbons (Fsp3) is 0.545. The van der Waals surface area contributed by atoms with Gasteiger partial charge in [-0.05, 0) is 24.6 Å². The van der Waals surface area contributed by atoms with E-state index in [1.807, 2.05) is 12.3 Å². The van der Waals surface area contributed by atoms with E-state index < -0.39 is 0 Å². The fourth-order valence-corrected chi connectivity index (χ4v) is 1.73. The summed E-state index contributed by atoms with van der Waals surface area (Å²) in [4.78, 5) is 6.47. The van der Waals surface area contributed by atoms with E-state index in [9.17, 15) is 0 Å². The SMILES string of the molecule is Cc1ccnc(N2CCOC(CO)C2)c1. The Morgan fingerprint density at radius 2 is 2.53 bits per heavy atom. The number of aliphatic hydroxyl groups excluding tert-OH is 1. The van der Waals surface area contributed by atoms with E-state index in [1.165, 1.54) is 5.56 Å². The maximum Gasteiger partial charge on any atom is 0.128 e. The van der Waals surface area contributed by atoms with E-state index in [-0.39, 0.29) is 12.7 Å². The van der Waals surface area contributed by atoms with Crippen LogP contribution in [0, 0.1) is 6.92 Å². The third kappa shape index (κ3) is 2.46. The zero-order valence-corrected chi connectivity index (χ0v) is 8.89. The van der Waals surface area contributed by atoms with Crippen molar-refractivity contribution >= 4 is 5.82 Å². The maximum atomic E-state index is 9.04. The lowest BCUT2D eigenvalue weighted by atomic mass is 10.2. The number of morpholine rings is 1. The smallest absolute Gasteiger partial charge is 0.128 e. The second-order valence-electron chi connectivity index (χ2n) is 3.81. The second kappa shape index (κ2) is 4.59. The van der Waals surface area contributed by atoms with Crippen LogP contribution in [0.5, 0.6) is 0 Å². The predicted octanol–water partition coefficient (Wildman–Crippen LogP) is 0.588. The average molecular weight is 208 g/mol. The third-order valence-corrected chi connectivity index (χ3v) is 2.57. The lowest BCUT2D eigenvalue weighted by Gasteiger charge is -2.32. The first kappa shape index (κ1) is 10.4. The van der Waals surface area contributed by atoms with Crippen molar-refractivity contribution in [3.8, 4) is 0 Å². The second-order valence-corrected chi connectivity index (χ2v) is 3.81. The van der Waals surface area contributed by atoms with Crippen LogP contribution in [0.1, 0.15) is 5.56 Å². The number of hydrogen-bond donors (Lipinski definition) is 1. The molecular weight excluding hydrogens is 192 g/mol. The van der Waals surface area contributed by atoms with Gasteiger partial charge in [0.2, 0.25) is 0 Å². The molecular formula is C11H16N2O2. The van der Waals surface area contributed by atoms with Gasteiger partial charge in [0.05, 0.1) is 19.3 Å². The molecule has 1 unspecified atom stereocenters. The van der Waals surface area contributed by atoms with Crippen LogP contribution in [0.4, 0.5) is 5.82 Å². The standard InChI is InChI=1S/C11H16N2O2/c1-9-2-3-12-11(6-9)13-4-5-15-10(7-13)8-14/h2-3,6,10,14H,4-5,7-8H2,1H3. The Bertz CT molecular complexity index is 330. The molecule has 1 fully saturated rings. The van der Waals surface area contributed by atoms with Crippen LogP contribution in [-0.2, 0) is 4.74 Å². The van der Waals surface area contributed by atoms with Crippen LogP contribution in [0.2, 0.25) is 0 Å². The zero-order valence-electron chi connectivity index (χ0n) is 8.89. The fourth-order valence-electron chi connectivity index (χ4n) is 1.73. The summed E-state index contributed by atoms with van der Waals surface area (Å²) in [7, 11) is 0. The van der Waals surface area contributed by atoms with Crippen molar-refractivity contribution < 1.29 is 9.84 Å². The van der Waals surface area contributed by atoms with Crippen molar-refractivity contribution in [2.24, 2.45) is 0 Å². The van der Waals surface area contributed by atoms with E-state index in [2.05, 4.69) is 22.9 Å². The van der Waals surface area contributed by atoms with Gasteiger partial charge >= 0.3 is 0 Å². The van der Waals surface area contributed by atoms with E-state index in [0.717, 1.165) is 12.4 Å². The minimum absolute atomic E-state index is 0.0717. The van der Waals surface area contributed by atoms with Gasteiger partial charge in [-0.1, -0.05) is 0 Å². The van der Waals surface area contributed by atoms with Crippen LogP contribution in [-0.4, -0.2) is 42.5 Å². The summed E-state index contributed by atoms with van der Waals surface area (Å²) in [6.07, 6.45) is 1.73. The highest BCUT2D eigenvalue weighted by Crippen LogP contribution is 2.15. The third-order valence-electron chi connectivity index (χ3n) is 2.57. The van der Waals surface area contributed by atoms with E-state index in [1.54, 1.807) is 0 Å². The Morgan fingerprint density at radius 1 is 1.67 bits per heavy atom. The van der Waals surface area contributed by atoms with Crippen molar-refractivity contribution in [1.29, 1.82) is 0 Å². The van der Waals surface area contributed by atoms with Crippen molar-refractivity contribution in [3.05, 3.63) is 23.9 Å². The van der Waals surface area contributed by atoms with Crippen molar-refractivity contribution in [3.63, 3.8) is 0 Å². The maximum absolute atomic E-state index is 9.04. The number of aliphatic hydroxyl groups is 1. The molecule has 2 heterocycles. The number of nitrogens with zero attached hydrogens (tertiary/aromatic N) is 2. The molecule has 1 aliphatic rings. The van der Waals surface area contributed by atoms with Gasteiger partial charge in [-0.25, -0.2) is 4.98 Å². The number of ether oxygens (including phenoxy) is 1. The van der Waals surface area contributed by atoms with Gasteiger partial charge in [-0.3, -0.25) is 0 Å². The molecule has 0 aromatic carbocycles. The summed E-state index contributed by atoms with van der Waals surface area (Å²) in [6, 6.07) is 4.03. The molecule has 0 bridgehead atoms. The molecule has 1 saturated heterocycles. The summed E-state index contributed by atoms with van der Waals surface area (Å²) in [5, 5.41) is 9.04. The highest BCUT2D eigenvalue weighted by atomic mass is 16.5. The van der Waals surface area contributed by atoms with Crippen molar-refractivity contribution in [2.45, 2.75) is 13.0 Å². The molecule has 4 heteroatoms. The molecule has 1 atom stereocenters. The van der Waals surface area contributed by atoms with Gasteiger partial charge in [0.25, 0.3) is 0 Å². The Labute approximate surface area is 89.5 Å². The Morgan fingerprint density at radius 3 is 3.27 bits per heavy atom. The highest BCUT2D eigenvalue weighted by Gasteiger charge is 2.20. The lowest BCUT2D eigenvalue weighted by molar-refractivity contribution is 0.00336. The van der Waals surface area contributed by atoms with Gasteiger partial charge in [0, 0.05) is 19.3 Å². The molecule has 0 spiro atoms. The molecule has 1 aromatic heterocycles. The average Bonchev–Trinajstić information content (AvgIpc) is 2.29. The van der Waals surface area contributed by atoms with Gasteiger partial charge in [0.15, 0.2) is 0 Å². The molecule has 4 nitrogen and oxygen atoms in total. The largest absolute Gasteiger partial charge is 0.394 e. The summed E-state index contributed by atoms with van der Waals surface area (Å²) >= 11 is 0. The zero-order chi connectivity index (χ0) is 10.7. The molecule has 2 rings (SSSR count). The van der Waals surface area contributed by atoms with Crippen molar-refractivity contribution in [1.82, 2.24) is 4.98 Å². The van der Waals surface area contributed by atoms with Crippen LogP contribution in [0.15, 0.2) is 18.3 Å². The summed E-state index contributed by atoms with van der Waals surface area (Å²) in [6.45, 7) is 4.33. The molecule has 82 valence electrons. The van der Waals surface area contributed by atoms with Crippen LogP contribution < -0.4 is 4.90 Å². The molecule has 0 radical (unpaired) electrons. The first-order valence-corrected chi connectivity index (χ1v) is 5.19. The van der Waals surface area contributed by atoms with Crippen LogP contribution >= 0.6 is 0 Å². The number of rotatable bonds is 2. The lowest BCUT2D eigenvalue weighted by Crippen LogP contribution is -2.44. The summed E-state index contributed by atoms with van der Waals surface area (Å²) in [5.41, 5.74) is 1.20. The molecule has 1 N–H and O–H groups in total. The number of aromatic nitrogens is 1. The van der Waals surface area contributed by atoms with Crippen LogP contribution in [0.3, 0.4) is 0 Å². The first-order valence-electron chi connectivity index (χ1n) is 5.19. The van der Waals surface area contributed by atoms with Gasteiger partial charge < -0.3 is 14.7 Å². The Hall–Kier alpha value is -1.13. The van der Waals surface area contributed by atoms with Crippen LogP contribution in [0.25, 0.3) is 0 Å². The molecule has 0 saturated carbocycles. The first-order chi connectivity index (χ1) is 7.29. The predicted molar refractivity (Wildman–Crippen MR) is 58.0 cm³/mol. The van der Waals surface area contributed by atoms with E-state index in [4.69, 9.17) is 9.84 Å². The topological polar surface area (TPSA) is 45.6 Å². The Kier molecular flexibility index (Phi) is 3.18. The molecule has 15 heavy (non-hydrogen) atoms. The summed E-state index contributed by atoms with van der Waals surface area (Å²) in [5.74, 6) is 0.969. The molecule has 0 aliphatic carbocycles. The number of pyridine rings is 1. The Balaban J connectivity index is 2.09. The minimum Gasteiger partial charge on any atom is -0.394 e. The number of hydrogen-bond acceptors (Lipinski definition) is 4. The quantitative estimate of drug-likeness (QED) is 0.772.